The van der Waals surface area contributed by atoms with Gasteiger partial charge in [-0.3, -0.25) is 9.59 Å². The predicted octanol–water partition coefficient (Wildman–Crippen LogP) is 2.94. The summed E-state index contributed by atoms with van der Waals surface area (Å²) in [5, 5.41) is 12.1. The van der Waals surface area contributed by atoms with E-state index in [1.807, 2.05) is 6.07 Å². The highest BCUT2D eigenvalue weighted by Gasteiger charge is 2.42. The van der Waals surface area contributed by atoms with Gasteiger partial charge in [-0.05, 0) is 50.0 Å². The van der Waals surface area contributed by atoms with Gasteiger partial charge in [-0.2, -0.15) is 0 Å². The van der Waals surface area contributed by atoms with Crippen molar-refractivity contribution in [1.82, 2.24) is 5.32 Å². The molecule has 4 nitrogen and oxygen atoms in total. The number of rotatable bonds is 4. The van der Waals surface area contributed by atoms with Gasteiger partial charge >= 0.3 is 5.97 Å². The summed E-state index contributed by atoms with van der Waals surface area (Å²) in [4.78, 5) is 23.2. The van der Waals surface area contributed by atoms with Crippen molar-refractivity contribution in [2.45, 2.75) is 50.5 Å². The fraction of sp³-hybridized carbons (Fsp3) is 0.556. The molecular weight excluding hydrogens is 278 g/mol. The molecule has 3 rings (SSSR count). The van der Waals surface area contributed by atoms with Crippen LogP contribution in [0.5, 0.6) is 0 Å². The number of carbonyl (C=O) groups excluding carboxylic acids is 1. The molecule has 0 bridgehead atoms. The summed E-state index contributed by atoms with van der Waals surface area (Å²) in [7, 11) is 0. The van der Waals surface area contributed by atoms with Gasteiger partial charge in [-0.1, -0.05) is 30.3 Å². The first kappa shape index (κ1) is 15.1. The number of benzene rings is 1. The Bertz CT molecular complexity index is 535. The van der Waals surface area contributed by atoms with Gasteiger partial charge in [0.15, 0.2) is 0 Å². The maximum Gasteiger partial charge on any atom is 0.307 e. The Morgan fingerprint density at radius 3 is 2.09 bits per heavy atom. The van der Waals surface area contributed by atoms with Gasteiger partial charge in [-0.15, -0.1) is 0 Å². The van der Waals surface area contributed by atoms with Crippen molar-refractivity contribution >= 4 is 11.9 Å². The second-order valence-corrected chi connectivity index (χ2v) is 6.60. The quantitative estimate of drug-likeness (QED) is 0.898. The zero-order valence-corrected chi connectivity index (χ0v) is 12.7. The minimum atomic E-state index is -0.834. The Morgan fingerprint density at radius 1 is 0.909 bits per heavy atom. The number of hydrogen-bond donors (Lipinski definition) is 2. The lowest BCUT2D eigenvalue weighted by atomic mass is 9.73. The summed E-state index contributed by atoms with van der Waals surface area (Å²) in [5.41, 5.74) is 1.39. The molecule has 2 aliphatic carbocycles. The van der Waals surface area contributed by atoms with E-state index in [2.05, 4.69) is 29.6 Å². The Hall–Kier alpha value is -1.84. The van der Waals surface area contributed by atoms with Crippen LogP contribution in [-0.4, -0.2) is 23.0 Å². The fourth-order valence-corrected chi connectivity index (χ4v) is 3.71. The van der Waals surface area contributed by atoms with Crippen LogP contribution < -0.4 is 5.32 Å². The number of hydrogen-bond acceptors (Lipinski definition) is 2. The van der Waals surface area contributed by atoms with Crippen LogP contribution in [0.25, 0.3) is 0 Å². The van der Waals surface area contributed by atoms with Gasteiger partial charge in [0.1, 0.15) is 0 Å². The molecule has 0 heterocycles. The second-order valence-electron chi connectivity index (χ2n) is 6.60. The number of carbonyl (C=O) groups is 2. The molecule has 0 aliphatic heterocycles. The zero-order chi connectivity index (χ0) is 15.5. The molecule has 0 saturated heterocycles. The first-order chi connectivity index (χ1) is 10.6. The smallest absolute Gasteiger partial charge is 0.307 e. The van der Waals surface area contributed by atoms with E-state index in [1.165, 1.54) is 5.56 Å². The highest BCUT2D eigenvalue weighted by atomic mass is 16.4. The molecule has 2 aliphatic rings. The molecule has 0 spiro atoms. The lowest BCUT2D eigenvalue weighted by Crippen LogP contribution is -2.47. The van der Waals surface area contributed by atoms with Gasteiger partial charge in [0.25, 0.3) is 0 Å². The molecule has 2 unspecified atom stereocenters. The predicted molar refractivity (Wildman–Crippen MR) is 83.4 cm³/mol. The van der Waals surface area contributed by atoms with Crippen molar-refractivity contribution in [3.05, 3.63) is 35.9 Å². The van der Waals surface area contributed by atoms with E-state index in [4.69, 9.17) is 5.11 Å². The average molecular weight is 301 g/mol. The largest absolute Gasteiger partial charge is 0.481 e. The van der Waals surface area contributed by atoms with Crippen LogP contribution >= 0.6 is 0 Å². The Balaban J connectivity index is 1.48. The van der Waals surface area contributed by atoms with Crippen molar-refractivity contribution in [2.75, 3.05) is 0 Å². The Labute approximate surface area is 130 Å². The molecule has 1 aromatic carbocycles. The summed E-state index contributed by atoms with van der Waals surface area (Å²) >= 11 is 0. The molecule has 1 amide bonds. The lowest BCUT2D eigenvalue weighted by molar-refractivity contribution is -0.153. The molecule has 2 fully saturated rings. The molecular formula is C18H23NO3. The number of nitrogens with one attached hydrogen (secondary N) is 1. The van der Waals surface area contributed by atoms with Gasteiger partial charge in [0.05, 0.1) is 11.8 Å². The highest BCUT2D eigenvalue weighted by Crippen LogP contribution is 2.36. The molecule has 0 radical (unpaired) electrons. The van der Waals surface area contributed by atoms with E-state index in [0.717, 1.165) is 25.7 Å². The molecule has 2 saturated carbocycles. The number of aliphatic carboxylic acids is 1. The maximum absolute atomic E-state index is 12.2. The minimum Gasteiger partial charge on any atom is -0.481 e. The topological polar surface area (TPSA) is 66.4 Å². The SMILES string of the molecule is O=C(O)C1CCC1C(=O)NC1CCC(c2ccccc2)CC1. The number of amides is 1. The van der Waals surface area contributed by atoms with E-state index >= 15 is 0 Å². The summed E-state index contributed by atoms with van der Waals surface area (Å²) in [6.07, 6.45) is 5.48. The molecule has 2 atom stereocenters. The average Bonchev–Trinajstić information content (AvgIpc) is 2.47. The lowest BCUT2D eigenvalue weighted by Gasteiger charge is -2.35. The van der Waals surface area contributed by atoms with E-state index in [-0.39, 0.29) is 17.9 Å². The standard InChI is InChI=1S/C18H23NO3/c20-17(15-10-11-16(15)18(21)22)19-14-8-6-13(7-9-14)12-4-2-1-3-5-12/h1-5,13-16H,6-11H2,(H,19,20)(H,21,22). The van der Waals surface area contributed by atoms with Crippen LogP contribution in [0.1, 0.15) is 50.0 Å². The monoisotopic (exact) mass is 301 g/mol. The molecule has 118 valence electrons. The zero-order valence-electron chi connectivity index (χ0n) is 12.7. The van der Waals surface area contributed by atoms with Crippen LogP contribution in [0.4, 0.5) is 0 Å². The van der Waals surface area contributed by atoms with Crippen LogP contribution in [-0.2, 0) is 9.59 Å². The first-order valence-corrected chi connectivity index (χ1v) is 8.23. The Kier molecular flexibility index (Phi) is 4.46. The maximum atomic E-state index is 12.2. The molecule has 0 aromatic heterocycles. The van der Waals surface area contributed by atoms with E-state index in [1.54, 1.807) is 0 Å². The molecule has 22 heavy (non-hydrogen) atoms. The van der Waals surface area contributed by atoms with Gasteiger partial charge in [0, 0.05) is 6.04 Å². The third-order valence-corrected chi connectivity index (χ3v) is 5.27. The van der Waals surface area contributed by atoms with Crippen molar-refractivity contribution in [3.8, 4) is 0 Å². The fourth-order valence-electron chi connectivity index (χ4n) is 3.71. The van der Waals surface area contributed by atoms with Crippen LogP contribution in [0.2, 0.25) is 0 Å². The highest BCUT2D eigenvalue weighted by molar-refractivity contribution is 5.86. The summed E-state index contributed by atoms with van der Waals surface area (Å²) < 4.78 is 0. The van der Waals surface area contributed by atoms with Gasteiger partial charge in [-0.25, -0.2) is 0 Å². The van der Waals surface area contributed by atoms with E-state index in [9.17, 15) is 9.59 Å². The number of carboxylic acids is 1. The van der Waals surface area contributed by atoms with Crippen molar-refractivity contribution < 1.29 is 14.7 Å². The summed E-state index contributed by atoms with van der Waals surface area (Å²) in [6.45, 7) is 0. The van der Waals surface area contributed by atoms with Crippen LogP contribution in [0.15, 0.2) is 30.3 Å². The van der Waals surface area contributed by atoms with Crippen LogP contribution in [0.3, 0.4) is 0 Å². The van der Waals surface area contributed by atoms with E-state index < -0.39 is 11.9 Å². The van der Waals surface area contributed by atoms with Crippen molar-refractivity contribution in [2.24, 2.45) is 11.8 Å². The molecule has 4 heteroatoms. The van der Waals surface area contributed by atoms with Crippen molar-refractivity contribution in [1.29, 1.82) is 0 Å². The van der Waals surface area contributed by atoms with Gasteiger partial charge < -0.3 is 10.4 Å². The third-order valence-electron chi connectivity index (χ3n) is 5.27. The Morgan fingerprint density at radius 2 is 1.55 bits per heavy atom. The van der Waals surface area contributed by atoms with Crippen molar-refractivity contribution in [3.63, 3.8) is 0 Å². The summed E-state index contributed by atoms with van der Waals surface area (Å²) in [6, 6.07) is 10.7. The van der Waals surface area contributed by atoms with Gasteiger partial charge in [0.2, 0.25) is 5.91 Å². The second kappa shape index (κ2) is 6.51. The number of carboxylic acid groups (broad SMARTS) is 1. The molecule has 1 aromatic rings. The van der Waals surface area contributed by atoms with Crippen LogP contribution in [0, 0.1) is 11.8 Å². The minimum absolute atomic E-state index is 0.0539. The molecule has 2 N–H and O–H groups in total. The van der Waals surface area contributed by atoms with E-state index in [0.29, 0.717) is 18.8 Å². The first-order valence-electron chi connectivity index (χ1n) is 8.23. The normalized spacial score (nSPS) is 31.1. The third kappa shape index (κ3) is 3.16. The summed E-state index contributed by atoms with van der Waals surface area (Å²) in [5.74, 6) is -1.09.